The maximum atomic E-state index is 12.4. The summed E-state index contributed by atoms with van der Waals surface area (Å²) in [7, 11) is -4.23. The molecule has 25 heavy (non-hydrogen) atoms. The molecule has 3 aromatic rings. The first-order chi connectivity index (χ1) is 11.7. The van der Waals surface area contributed by atoms with Crippen LogP contribution in [0.2, 0.25) is 15.1 Å². The molecule has 9 heteroatoms. The third-order valence-corrected chi connectivity index (χ3v) is 5.84. The van der Waals surface area contributed by atoms with Crippen molar-refractivity contribution in [3.63, 3.8) is 0 Å². The molecular formula is C16H9Cl3O5S. The second-order valence-corrected chi connectivity index (χ2v) is 7.84. The largest absolute Gasteiger partial charge is 0.421 e. The van der Waals surface area contributed by atoms with Crippen LogP contribution in [0, 0.1) is 6.92 Å². The fourth-order valence-corrected chi connectivity index (χ4v) is 4.01. The quantitative estimate of drug-likeness (QED) is 0.449. The van der Waals surface area contributed by atoms with Gasteiger partial charge in [0, 0.05) is 16.5 Å². The van der Waals surface area contributed by atoms with E-state index >= 15 is 0 Å². The van der Waals surface area contributed by atoms with Gasteiger partial charge in [-0.25, -0.2) is 4.79 Å². The van der Waals surface area contributed by atoms with Gasteiger partial charge in [0.05, 0.1) is 5.02 Å². The summed E-state index contributed by atoms with van der Waals surface area (Å²) in [6.45, 7) is 1.66. The van der Waals surface area contributed by atoms with Crippen molar-refractivity contribution < 1.29 is 17.0 Å². The van der Waals surface area contributed by atoms with Crippen LogP contribution in [-0.2, 0) is 10.1 Å². The Kier molecular flexibility index (Phi) is 4.72. The van der Waals surface area contributed by atoms with Crippen LogP contribution in [0.1, 0.15) is 5.56 Å². The minimum absolute atomic E-state index is 0.0282. The molecule has 0 atom stereocenters. The molecule has 130 valence electrons. The Labute approximate surface area is 157 Å². The lowest BCUT2D eigenvalue weighted by Crippen LogP contribution is -2.10. The smallest absolute Gasteiger partial charge is 0.355 e. The summed E-state index contributed by atoms with van der Waals surface area (Å²) in [4.78, 5) is 11.4. The number of aryl methyl sites for hydroxylation is 1. The van der Waals surface area contributed by atoms with Gasteiger partial charge in [-0.1, -0.05) is 34.8 Å². The van der Waals surface area contributed by atoms with E-state index in [-0.39, 0.29) is 31.3 Å². The highest BCUT2D eigenvalue weighted by molar-refractivity contribution is 7.87. The van der Waals surface area contributed by atoms with Crippen molar-refractivity contribution in [1.82, 2.24) is 0 Å². The zero-order chi connectivity index (χ0) is 18.4. The second kappa shape index (κ2) is 6.53. The monoisotopic (exact) mass is 418 g/mol. The van der Waals surface area contributed by atoms with Crippen molar-refractivity contribution in [2.45, 2.75) is 11.8 Å². The fraction of sp³-hybridized carbons (Fsp3) is 0.0625. The first kappa shape index (κ1) is 18.1. The fourth-order valence-electron chi connectivity index (χ4n) is 2.21. The van der Waals surface area contributed by atoms with Gasteiger partial charge in [0.1, 0.15) is 21.3 Å². The van der Waals surface area contributed by atoms with E-state index < -0.39 is 15.7 Å². The van der Waals surface area contributed by atoms with E-state index in [4.69, 9.17) is 43.4 Å². The van der Waals surface area contributed by atoms with E-state index in [0.29, 0.717) is 10.9 Å². The Morgan fingerprint density at radius 3 is 2.48 bits per heavy atom. The first-order valence-electron chi connectivity index (χ1n) is 6.81. The van der Waals surface area contributed by atoms with Gasteiger partial charge in [-0.2, -0.15) is 8.42 Å². The van der Waals surface area contributed by atoms with E-state index in [1.54, 1.807) is 13.0 Å². The van der Waals surface area contributed by atoms with Crippen molar-refractivity contribution >= 4 is 55.9 Å². The van der Waals surface area contributed by atoms with Crippen molar-refractivity contribution in [2.24, 2.45) is 0 Å². The lowest BCUT2D eigenvalue weighted by Gasteiger charge is -2.10. The minimum Gasteiger partial charge on any atom is -0.421 e. The molecule has 0 bridgehead atoms. The second-order valence-electron chi connectivity index (χ2n) is 5.10. The molecule has 0 aliphatic heterocycles. The van der Waals surface area contributed by atoms with Crippen LogP contribution in [-0.4, -0.2) is 8.42 Å². The summed E-state index contributed by atoms with van der Waals surface area (Å²) in [6.07, 6.45) is 0. The maximum absolute atomic E-state index is 12.4. The molecule has 0 radical (unpaired) electrons. The predicted molar refractivity (Wildman–Crippen MR) is 96.5 cm³/mol. The van der Waals surface area contributed by atoms with Gasteiger partial charge in [0.2, 0.25) is 0 Å². The highest BCUT2D eigenvalue weighted by Gasteiger charge is 2.21. The van der Waals surface area contributed by atoms with E-state index in [1.165, 1.54) is 30.3 Å². The molecule has 0 fully saturated rings. The van der Waals surface area contributed by atoms with Crippen LogP contribution in [0.4, 0.5) is 0 Å². The van der Waals surface area contributed by atoms with Crippen LogP contribution in [0.15, 0.2) is 50.5 Å². The van der Waals surface area contributed by atoms with Gasteiger partial charge in [-0.05, 0) is 42.8 Å². The number of hydrogen-bond donors (Lipinski definition) is 0. The molecule has 1 heterocycles. The average Bonchev–Trinajstić information content (AvgIpc) is 2.54. The molecular weight excluding hydrogens is 411 g/mol. The van der Waals surface area contributed by atoms with Crippen molar-refractivity contribution in [2.75, 3.05) is 0 Å². The normalized spacial score (nSPS) is 11.7. The Bertz CT molecular complexity index is 1150. The Hall–Kier alpha value is -1.73. The summed E-state index contributed by atoms with van der Waals surface area (Å²) in [6, 6.07) is 8.25. The third-order valence-electron chi connectivity index (χ3n) is 3.44. The molecule has 0 aliphatic carbocycles. The Morgan fingerprint density at radius 1 is 1.04 bits per heavy atom. The van der Waals surface area contributed by atoms with E-state index in [1.807, 2.05) is 0 Å². The number of fused-ring (bicyclic) bond motifs is 1. The van der Waals surface area contributed by atoms with Gasteiger partial charge >= 0.3 is 15.7 Å². The summed E-state index contributed by atoms with van der Waals surface area (Å²) < 4.78 is 35.0. The highest BCUT2D eigenvalue weighted by Crippen LogP contribution is 2.30. The molecule has 1 aromatic heterocycles. The molecule has 0 saturated carbocycles. The number of benzene rings is 2. The molecule has 0 saturated heterocycles. The lowest BCUT2D eigenvalue weighted by molar-refractivity contribution is 0.485. The van der Waals surface area contributed by atoms with Crippen LogP contribution in [0.3, 0.4) is 0 Å². The Morgan fingerprint density at radius 2 is 1.76 bits per heavy atom. The standard InChI is InChI=1S/C16H9Cl3O5S/c1-8-11-4-3-10(7-13(11)23-16(20)15(8)19)24-25(21,22)14-6-9(17)2-5-12(14)18/h2-7H,1H3. The van der Waals surface area contributed by atoms with E-state index in [0.717, 1.165) is 0 Å². The topological polar surface area (TPSA) is 73.6 Å². The van der Waals surface area contributed by atoms with Gasteiger partial charge < -0.3 is 8.60 Å². The van der Waals surface area contributed by atoms with Crippen LogP contribution in [0.25, 0.3) is 11.0 Å². The molecule has 0 amide bonds. The third kappa shape index (κ3) is 3.48. The van der Waals surface area contributed by atoms with Crippen LogP contribution < -0.4 is 9.81 Å². The summed E-state index contributed by atoms with van der Waals surface area (Å²) in [5.74, 6) is -0.0478. The van der Waals surface area contributed by atoms with Gasteiger partial charge in [0.25, 0.3) is 0 Å². The summed E-state index contributed by atoms with van der Waals surface area (Å²) in [5, 5.41) is 0.704. The maximum Gasteiger partial charge on any atom is 0.355 e. The number of rotatable bonds is 3. The molecule has 5 nitrogen and oxygen atoms in total. The van der Waals surface area contributed by atoms with Crippen molar-refractivity contribution in [3.05, 3.63) is 67.4 Å². The SMILES string of the molecule is Cc1c(Cl)c(=O)oc2cc(OS(=O)(=O)c3cc(Cl)ccc3Cl)ccc12. The molecule has 3 rings (SSSR count). The zero-order valence-electron chi connectivity index (χ0n) is 12.5. The lowest BCUT2D eigenvalue weighted by atomic mass is 10.1. The van der Waals surface area contributed by atoms with Crippen molar-refractivity contribution in [3.8, 4) is 5.75 Å². The number of hydrogen-bond acceptors (Lipinski definition) is 5. The first-order valence-corrected chi connectivity index (χ1v) is 9.36. The molecule has 2 aromatic carbocycles. The molecule has 0 aliphatic rings. The summed E-state index contributed by atoms with van der Waals surface area (Å²) in [5.41, 5.74) is -0.0402. The molecule has 0 N–H and O–H groups in total. The Balaban J connectivity index is 2.07. The average molecular weight is 420 g/mol. The molecule has 0 unspecified atom stereocenters. The zero-order valence-corrected chi connectivity index (χ0v) is 15.6. The summed E-state index contributed by atoms with van der Waals surface area (Å²) >= 11 is 17.6. The van der Waals surface area contributed by atoms with E-state index in [2.05, 4.69) is 0 Å². The van der Waals surface area contributed by atoms with E-state index in [9.17, 15) is 13.2 Å². The van der Waals surface area contributed by atoms with Crippen LogP contribution >= 0.6 is 34.8 Å². The van der Waals surface area contributed by atoms with Gasteiger partial charge in [-0.15, -0.1) is 0 Å². The predicted octanol–water partition coefficient (Wildman–Crippen LogP) is 4.83. The highest BCUT2D eigenvalue weighted by atomic mass is 35.5. The number of halogens is 3. The van der Waals surface area contributed by atoms with Crippen molar-refractivity contribution in [1.29, 1.82) is 0 Å². The van der Waals surface area contributed by atoms with Gasteiger partial charge in [-0.3, -0.25) is 0 Å². The van der Waals surface area contributed by atoms with Crippen LogP contribution in [0.5, 0.6) is 5.75 Å². The van der Waals surface area contributed by atoms with Gasteiger partial charge in [0.15, 0.2) is 0 Å². The minimum atomic E-state index is -4.23. The molecule has 0 spiro atoms.